The summed E-state index contributed by atoms with van der Waals surface area (Å²) in [5, 5.41) is 10.1. The number of fused-ring (bicyclic) bond motifs is 3. The number of imidazole rings is 1. The summed E-state index contributed by atoms with van der Waals surface area (Å²) in [5.74, 6) is 0.219. The van der Waals surface area contributed by atoms with Gasteiger partial charge in [0.1, 0.15) is 17.7 Å². The molecule has 4 heterocycles. The standard InChI is InChI=1S/C20H20F2N4O2/c1-11-6-17(27)18-25-15-8-14(21)13(7-16(15)26(11)18)12-9-23-19(24-10-12)20(22)2-4-28-5-3-20/h7-11,17,27H,2-6H2,1H3/t11-,17+/m0/s1. The van der Waals surface area contributed by atoms with Crippen molar-refractivity contribution in [1.29, 1.82) is 0 Å². The van der Waals surface area contributed by atoms with Crippen molar-refractivity contribution in [2.75, 3.05) is 13.2 Å². The number of halogens is 2. The number of hydrogen-bond acceptors (Lipinski definition) is 5. The zero-order valence-electron chi connectivity index (χ0n) is 15.4. The number of aliphatic hydroxyl groups is 1. The van der Waals surface area contributed by atoms with Gasteiger partial charge < -0.3 is 14.4 Å². The molecule has 2 atom stereocenters. The molecule has 1 fully saturated rings. The first-order valence-electron chi connectivity index (χ1n) is 9.45. The number of ether oxygens (including phenoxy) is 1. The minimum absolute atomic E-state index is 0.0758. The molecular formula is C20H20F2N4O2. The van der Waals surface area contributed by atoms with Crippen LogP contribution in [0.15, 0.2) is 24.5 Å². The Balaban J connectivity index is 1.56. The van der Waals surface area contributed by atoms with Crippen LogP contribution in [0.4, 0.5) is 8.78 Å². The molecule has 6 nitrogen and oxygen atoms in total. The van der Waals surface area contributed by atoms with E-state index in [0.29, 0.717) is 42.1 Å². The Morgan fingerprint density at radius 3 is 2.64 bits per heavy atom. The van der Waals surface area contributed by atoms with E-state index in [4.69, 9.17) is 4.74 Å². The van der Waals surface area contributed by atoms with Gasteiger partial charge in [-0.1, -0.05) is 0 Å². The van der Waals surface area contributed by atoms with Crippen molar-refractivity contribution in [3.63, 3.8) is 0 Å². The average Bonchev–Trinajstić information content (AvgIpc) is 3.19. The highest BCUT2D eigenvalue weighted by atomic mass is 19.1. The van der Waals surface area contributed by atoms with Crippen molar-refractivity contribution in [2.24, 2.45) is 0 Å². The first-order chi connectivity index (χ1) is 13.5. The van der Waals surface area contributed by atoms with E-state index >= 15 is 4.39 Å². The third-order valence-corrected chi connectivity index (χ3v) is 5.76. The van der Waals surface area contributed by atoms with E-state index in [1.165, 1.54) is 18.5 Å². The fourth-order valence-corrected chi connectivity index (χ4v) is 4.21. The SMILES string of the molecule is C[C@H]1C[C@@H](O)c2nc3cc(F)c(-c4cnc(C5(F)CCOCC5)nc4)cc3n21. The average molecular weight is 386 g/mol. The molecule has 8 heteroatoms. The van der Waals surface area contributed by atoms with Gasteiger partial charge in [0.05, 0.1) is 24.2 Å². The van der Waals surface area contributed by atoms with E-state index in [0.717, 1.165) is 5.52 Å². The highest BCUT2D eigenvalue weighted by molar-refractivity contribution is 5.83. The van der Waals surface area contributed by atoms with Gasteiger partial charge in [-0.3, -0.25) is 0 Å². The second kappa shape index (κ2) is 6.28. The lowest BCUT2D eigenvalue weighted by Crippen LogP contribution is -2.31. The van der Waals surface area contributed by atoms with Crippen LogP contribution >= 0.6 is 0 Å². The maximum atomic E-state index is 15.0. The topological polar surface area (TPSA) is 73.1 Å². The molecule has 1 aromatic carbocycles. The molecule has 146 valence electrons. The van der Waals surface area contributed by atoms with Crippen LogP contribution in [0.3, 0.4) is 0 Å². The van der Waals surface area contributed by atoms with Gasteiger partial charge in [0.2, 0.25) is 0 Å². The van der Waals surface area contributed by atoms with Crippen LogP contribution in [0.2, 0.25) is 0 Å². The molecule has 2 aliphatic heterocycles. The third-order valence-electron chi connectivity index (χ3n) is 5.76. The van der Waals surface area contributed by atoms with Gasteiger partial charge in [0.15, 0.2) is 11.5 Å². The lowest BCUT2D eigenvalue weighted by molar-refractivity contribution is -0.0164. The van der Waals surface area contributed by atoms with Crippen molar-refractivity contribution in [3.8, 4) is 11.1 Å². The fraction of sp³-hybridized carbons (Fsp3) is 0.450. The summed E-state index contributed by atoms with van der Waals surface area (Å²) in [6, 6.07) is 3.14. The zero-order chi connectivity index (χ0) is 19.5. The molecule has 0 radical (unpaired) electrons. The number of hydrogen-bond donors (Lipinski definition) is 1. The smallest absolute Gasteiger partial charge is 0.174 e. The molecule has 0 amide bonds. The van der Waals surface area contributed by atoms with Crippen LogP contribution < -0.4 is 0 Å². The van der Waals surface area contributed by atoms with Gasteiger partial charge in [0, 0.05) is 54.9 Å². The largest absolute Gasteiger partial charge is 0.385 e. The lowest BCUT2D eigenvalue weighted by Gasteiger charge is -2.27. The number of aliphatic hydroxyl groups excluding tert-OH is 1. The summed E-state index contributed by atoms with van der Waals surface area (Å²) in [6.07, 6.45) is 3.30. The molecule has 28 heavy (non-hydrogen) atoms. The maximum absolute atomic E-state index is 15.0. The Morgan fingerprint density at radius 1 is 1.21 bits per heavy atom. The molecule has 2 aromatic heterocycles. The van der Waals surface area contributed by atoms with E-state index in [1.54, 1.807) is 6.07 Å². The number of rotatable bonds is 2. The monoisotopic (exact) mass is 386 g/mol. The summed E-state index contributed by atoms with van der Waals surface area (Å²) < 4.78 is 36.9. The highest BCUT2D eigenvalue weighted by Crippen LogP contribution is 2.39. The maximum Gasteiger partial charge on any atom is 0.174 e. The van der Waals surface area contributed by atoms with E-state index in [9.17, 15) is 9.50 Å². The normalized spacial score (nSPS) is 23.9. The molecule has 0 spiro atoms. The second-order valence-corrected chi connectivity index (χ2v) is 7.63. The first-order valence-corrected chi connectivity index (χ1v) is 9.45. The quantitative estimate of drug-likeness (QED) is 0.728. The molecule has 5 rings (SSSR count). The van der Waals surface area contributed by atoms with Gasteiger partial charge >= 0.3 is 0 Å². The van der Waals surface area contributed by atoms with Crippen LogP contribution in [-0.2, 0) is 10.4 Å². The molecule has 0 bridgehead atoms. The Morgan fingerprint density at radius 2 is 1.93 bits per heavy atom. The Labute approximate surface area is 160 Å². The first kappa shape index (κ1) is 17.6. The van der Waals surface area contributed by atoms with Gasteiger partial charge in [0.25, 0.3) is 0 Å². The fourth-order valence-electron chi connectivity index (χ4n) is 4.21. The second-order valence-electron chi connectivity index (χ2n) is 7.63. The van der Waals surface area contributed by atoms with Crippen molar-refractivity contribution in [3.05, 3.63) is 42.0 Å². The van der Waals surface area contributed by atoms with Gasteiger partial charge in [-0.15, -0.1) is 0 Å². The van der Waals surface area contributed by atoms with Crippen molar-refractivity contribution >= 4 is 11.0 Å². The molecular weight excluding hydrogens is 366 g/mol. The Kier molecular flexibility index (Phi) is 3.96. The number of alkyl halides is 1. The summed E-state index contributed by atoms with van der Waals surface area (Å²) in [5.41, 5.74) is 0.461. The Hall–Kier alpha value is -2.45. The highest BCUT2D eigenvalue weighted by Gasteiger charge is 2.37. The summed E-state index contributed by atoms with van der Waals surface area (Å²) in [6.45, 7) is 2.67. The number of benzene rings is 1. The van der Waals surface area contributed by atoms with Gasteiger partial charge in [-0.2, -0.15) is 0 Å². The Bertz CT molecular complexity index is 1040. The van der Waals surface area contributed by atoms with Gasteiger partial charge in [-0.05, 0) is 13.0 Å². The van der Waals surface area contributed by atoms with Crippen LogP contribution in [0.1, 0.15) is 50.0 Å². The van der Waals surface area contributed by atoms with Crippen LogP contribution in [0.5, 0.6) is 0 Å². The van der Waals surface area contributed by atoms with Crippen molar-refractivity contribution in [1.82, 2.24) is 19.5 Å². The van der Waals surface area contributed by atoms with E-state index in [-0.39, 0.29) is 24.7 Å². The third kappa shape index (κ3) is 2.62. The molecule has 3 aromatic rings. The molecule has 0 saturated carbocycles. The number of nitrogens with zero attached hydrogens (tertiary/aromatic N) is 4. The predicted octanol–water partition coefficient (Wildman–Crippen LogP) is 3.61. The van der Waals surface area contributed by atoms with Crippen LogP contribution in [0.25, 0.3) is 22.2 Å². The minimum Gasteiger partial charge on any atom is -0.385 e. The molecule has 1 saturated heterocycles. The predicted molar refractivity (Wildman–Crippen MR) is 97.8 cm³/mol. The summed E-state index contributed by atoms with van der Waals surface area (Å²) >= 11 is 0. The van der Waals surface area contributed by atoms with Crippen molar-refractivity contribution in [2.45, 2.75) is 44.0 Å². The molecule has 1 N–H and O–H groups in total. The number of aromatic nitrogens is 4. The molecule has 0 unspecified atom stereocenters. The molecule has 2 aliphatic rings. The lowest BCUT2D eigenvalue weighted by atomic mass is 9.95. The van der Waals surface area contributed by atoms with E-state index < -0.39 is 17.6 Å². The van der Waals surface area contributed by atoms with Gasteiger partial charge in [-0.25, -0.2) is 23.7 Å². The van der Waals surface area contributed by atoms with Crippen LogP contribution in [0, 0.1) is 5.82 Å². The van der Waals surface area contributed by atoms with E-state index in [2.05, 4.69) is 15.0 Å². The van der Waals surface area contributed by atoms with Crippen molar-refractivity contribution < 1.29 is 18.6 Å². The minimum atomic E-state index is -1.60. The summed E-state index contributed by atoms with van der Waals surface area (Å²) in [7, 11) is 0. The zero-order valence-corrected chi connectivity index (χ0v) is 15.4. The molecule has 0 aliphatic carbocycles. The van der Waals surface area contributed by atoms with Crippen LogP contribution in [-0.4, -0.2) is 37.8 Å². The van der Waals surface area contributed by atoms with E-state index in [1.807, 2.05) is 11.5 Å². The summed E-state index contributed by atoms with van der Waals surface area (Å²) in [4.78, 5) is 12.8.